The molecular weight excluding hydrogens is 367 g/mol. The van der Waals surface area contributed by atoms with Crippen LogP contribution in [0.2, 0.25) is 0 Å². The van der Waals surface area contributed by atoms with Gasteiger partial charge in [-0.15, -0.1) is 0 Å². The second-order valence-corrected chi connectivity index (χ2v) is 7.56. The maximum absolute atomic E-state index is 13.2. The van der Waals surface area contributed by atoms with Gasteiger partial charge in [-0.05, 0) is 49.9 Å². The lowest BCUT2D eigenvalue weighted by Gasteiger charge is -2.31. The standard InChI is InChI=1S/C24H31FN2O2/c1-5-18(4)26-24(29)22(6-2)27(16-20-9-7-8-17(3)14-20)23(28)15-19-10-12-21(25)13-11-19/h7-14,18,22H,5-6,15-16H2,1-4H3,(H,26,29)/t18-,22-/m0/s1. The number of hydrogen-bond donors (Lipinski definition) is 1. The van der Waals surface area contributed by atoms with Gasteiger partial charge in [0.15, 0.2) is 0 Å². The number of amides is 2. The fourth-order valence-corrected chi connectivity index (χ4v) is 3.25. The molecule has 0 heterocycles. The summed E-state index contributed by atoms with van der Waals surface area (Å²) in [6.07, 6.45) is 1.46. The highest BCUT2D eigenvalue weighted by atomic mass is 19.1. The number of halogens is 1. The molecule has 2 atom stereocenters. The van der Waals surface area contributed by atoms with E-state index in [-0.39, 0.29) is 30.1 Å². The number of carbonyl (C=O) groups excluding carboxylic acids is 2. The number of benzene rings is 2. The first-order valence-corrected chi connectivity index (χ1v) is 10.2. The highest BCUT2D eigenvalue weighted by molar-refractivity contribution is 5.88. The molecule has 5 heteroatoms. The molecule has 2 rings (SSSR count). The van der Waals surface area contributed by atoms with Crippen LogP contribution in [0.5, 0.6) is 0 Å². The fourth-order valence-electron chi connectivity index (χ4n) is 3.25. The first kappa shape index (κ1) is 22.6. The molecule has 4 nitrogen and oxygen atoms in total. The molecular formula is C24H31FN2O2. The van der Waals surface area contributed by atoms with E-state index in [9.17, 15) is 14.0 Å². The molecule has 0 spiro atoms. The van der Waals surface area contributed by atoms with Crippen LogP contribution in [-0.4, -0.2) is 28.8 Å². The highest BCUT2D eigenvalue weighted by Crippen LogP contribution is 2.16. The average molecular weight is 399 g/mol. The van der Waals surface area contributed by atoms with E-state index in [1.165, 1.54) is 12.1 Å². The molecule has 0 saturated carbocycles. The van der Waals surface area contributed by atoms with Crippen LogP contribution in [0, 0.1) is 12.7 Å². The van der Waals surface area contributed by atoms with Gasteiger partial charge in [0.1, 0.15) is 11.9 Å². The van der Waals surface area contributed by atoms with Crippen molar-refractivity contribution in [3.63, 3.8) is 0 Å². The van der Waals surface area contributed by atoms with Crippen molar-refractivity contribution in [3.8, 4) is 0 Å². The largest absolute Gasteiger partial charge is 0.352 e. The van der Waals surface area contributed by atoms with Crippen LogP contribution < -0.4 is 5.32 Å². The normalized spacial score (nSPS) is 12.9. The van der Waals surface area contributed by atoms with E-state index in [1.807, 2.05) is 52.0 Å². The Labute approximate surface area is 173 Å². The number of hydrogen-bond acceptors (Lipinski definition) is 2. The molecule has 0 unspecified atom stereocenters. The SMILES string of the molecule is CC[C@H](C)NC(=O)[C@H](CC)N(Cc1cccc(C)c1)C(=O)Cc1ccc(F)cc1. The number of nitrogens with one attached hydrogen (secondary N) is 1. The molecule has 0 bridgehead atoms. The predicted molar refractivity (Wildman–Crippen MR) is 114 cm³/mol. The van der Waals surface area contributed by atoms with Crippen LogP contribution in [0.4, 0.5) is 4.39 Å². The molecule has 0 aliphatic carbocycles. The Morgan fingerprint density at radius 1 is 1.03 bits per heavy atom. The highest BCUT2D eigenvalue weighted by Gasteiger charge is 2.29. The molecule has 0 radical (unpaired) electrons. The van der Waals surface area contributed by atoms with Crippen molar-refractivity contribution in [1.82, 2.24) is 10.2 Å². The summed E-state index contributed by atoms with van der Waals surface area (Å²) in [4.78, 5) is 27.7. The van der Waals surface area contributed by atoms with E-state index in [0.29, 0.717) is 13.0 Å². The van der Waals surface area contributed by atoms with Gasteiger partial charge in [0.2, 0.25) is 11.8 Å². The van der Waals surface area contributed by atoms with Gasteiger partial charge in [-0.25, -0.2) is 4.39 Å². The molecule has 2 aromatic carbocycles. The van der Waals surface area contributed by atoms with Crippen molar-refractivity contribution in [2.45, 2.75) is 65.6 Å². The lowest BCUT2D eigenvalue weighted by Crippen LogP contribution is -2.51. The maximum Gasteiger partial charge on any atom is 0.243 e. The van der Waals surface area contributed by atoms with Crippen LogP contribution in [-0.2, 0) is 22.6 Å². The lowest BCUT2D eigenvalue weighted by atomic mass is 10.1. The number of aryl methyl sites for hydroxylation is 1. The molecule has 0 fully saturated rings. The molecule has 0 aliphatic rings. The van der Waals surface area contributed by atoms with E-state index >= 15 is 0 Å². The van der Waals surface area contributed by atoms with Crippen molar-refractivity contribution in [1.29, 1.82) is 0 Å². The van der Waals surface area contributed by atoms with E-state index < -0.39 is 6.04 Å². The zero-order valence-electron chi connectivity index (χ0n) is 17.7. The van der Waals surface area contributed by atoms with Crippen molar-refractivity contribution < 1.29 is 14.0 Å². The van der Waals surface area contributed by atoms with Crippen molar-refractivity contribution in [3.05, 3.63) is 71.0 Å². The summed E-state index contributed by atoms with van der Waals surface area (Å²) in [6.45, 7) is 8.23. The summed E-state index contributed by atoms with van der Waals surface area (Å²) in [7, 11) is 0. The van der Waals surface area contributed by atoms with Gasteiger partial charge in [-0.1, -0.05) is 55.8 Å². The Balaban J connectivity index is 2.28. The molecule has 1 N–H and O–H groups in total. The van der Waals surface area contributed by atoms with Crippen LogP contribution >= 0.6 is 0 Å². The van der Waals surface area contributed by atoms with Crippen LogP contribution in [0.15, 0.2) is 48.5 Å². The Bertz CT molecular complexity index is 820. The molecule has 2 aromatic rings. The monoisotopic (exact) mass is 398 g/mol. The second kappa shape index (κ2) is 10.7. The first-order valence-electron chi connectivity index (χ1n) is 10.2. The number of nitrogens with zero attached hydrogens (tertiary/aromatic N) is 1. The van der Waals surface area contributed by atoms with Crippen LogP contribution in [0.3, 0.4) is 0 Å². The van der Waals surface area contributed by atoms with Gasteiger partial charge >= 0.3 is 0 Å². The summed E-state index contributed by atoms with van der Waals surface area (Å²) in [5, 5.41) is 3.00. The topological polar surface area (TPSA) is 49.4 Å². The third-order valence-electron chi connectivity index (χ3n) is 5.09. The molecule has 29 heavy (non-hydrogen) atoms. The molecule has 0 aromatic heterocycles. The molecule has 156 valence electrons. The Morgan fingerprint density at radius 3 is 2.31 bits per heavy atom. The Morgan fingerprint density at radius 2 is 1.72 bits per heavy atom. The summed E-state index contributed by atoms with van der Waals surface area (Å²) in [5.74, 6) is -0.622. The van der Waals surface area contributed by atoms with E-state index in [2.05, 4.69) is 5.32 Å². The Hall–Kier alpha value is -2.69. The minimum absolute atomic E-state index is 0.0459. The van der Waals surface area contributed by atoms with Gasteiger partial charge < -0.3 is 10.2 Å². The van der Waals surface area contributed by atoms with Crippen molar-refractivity contribution in [2.75, 3.05) is 0 Å². The summed E-state index contributed by atoms with van der Waals surface area (Å²) < 4.78 is 13.2. The maximum atomic E-state index is 13.2. The minimum Gasteiger partial charge on any atom is -0.352 e. The number of carbonyl (C=O) groups is 2. The third-order valence-corrected chi connectivity index (χ3v) is 5.09. The third kappa shape index (κ3) is 6.70. The van der Waals surface area contributed by atoms with E-state index in [0.717, 1.165) is 23.1 Å². The van der Waals surface area contributed by atoms with Gasteiger partial charge in [-0.2, -0.15) is 0 Å². The zero-order chi connectivity index (χ0) is 21.4. The van der Waals surface area contributed by atoms with E-state index in [1.54, 1.807) is 17.0 Å². The quantitative estimate of drug-likeness (QED) is 0.681. The molecule has 0 saturated heterocycles. The molecule has 2 amide bonds. The van der Waals surface area contributed by atoms with Gasteiger partial charge in [0.25, 0.3) is 0 Å². The summed E-state index contributed by atoms with van der Waals surface area (Å²) >= 11 is 0. The zero-order valence-corrected chi connectivity index (χ0v) is 17.7. The Kier molecular flexibility index (Phi) is 8.37. The second-order valence-electron chi connectivity index (χ2n) is 7.56. The summed E-state index contributed by atoms with van der Waals surface area (Å²) in [5.41, 5.74) is 2.81. The minimum atomic E-state index is -0.558. The first-order chi connectivity index (χ1) is 13.8. The number of rotatable bonds is 9. The van der Waals surface area contributed by atoms with Gasteiger partial charge in [-0.3, -0.25) is 9.59 Å². The fraction of sp³-hybridized carbons (Fsp3) is 0.417. The van der Waals surface area contributed by atoms with Crippen LogP contribution in [0.1, 0.15) is 50.3 Å². The van der Waals surface area contributed by atoms with E-state index in [4.69, 9.17) is 0 Å². The lowest BCUT2D eigenvalue weighted by molar-refractivity contribution is -0.141. The van der Waals surface area contributed by atoms with Gasteiger partial charge in [0, 0.05) is 12.6 Å². The predicted octanol–water partition coefficient (Wildman–Crippen LogP) is 4.40. The molecule has 0 aliphatic heterocycles. The summed E-state index contributed by atoms with van der Waals surface area (Å²) in [6, 6.07) is 13.3. The smallest absolute Gasteiger partial charge is 0.243 e. The van der Waals surface area contributed by atoms with Crippen LogP contribution in [0.25, 0.3) is 0 Å². The van der Waals surface area contributed by atoms with Gasteiger partial charge in [0.05, 0.1) is 6.42 Å². The van der Waals surface area contributed by atoms with Crippen molar-refractivity contribution in [2.24, 2.45) is 0 Å². The van der Waals surface area contributed by atoms with Crippen molar-refractivity contribution >= 4 is 11.8 Å². The average Bonchev–Trinajstić information content (AvgIpc) is 2.69.